The number of carbonyl (C=O) groups excluding carboxylic acids is 1. The lowest BCUT2D eigenvalue weighted by Gasteiger charge is -2.24. The zero-order valence-corrected chi connectivity index (χ0v) is 10.5. The molecule has 18 heavy (non-hydrogen) atoms. The van der Waals surface area contributed by atoms with Crippen LogP contribution in [0.3, 0.4) is 0 Å². The number of rotatable bonds is 3. The van der Waals surface area contributed by atoms with Crippen molar-refractivity contribution in [1.82, 2.24) is 0 Å². The van der Waals surface area contributed by atoms with Gasteiger partial charge in [-0.2, -0.15) is 13.2 Å². The van der Waals surface area contributed by atoms with Crippen LogP contribution in [0, 0.1) is 0 Å². The first-order valence-electron chi connectivity index (χ1n) is 5.41. The van der Waals surface area contributed by atoms with Gasteiger partial charge in [-0.25, -0.2) is 0 Å². The van der Waals surface area contributed by atoms with Crippen molar-refractivity contribution < 1.29 is 22.7 Å². The van der Waals surface area contributed by atoms with E-state index in [-0.39, 0.29) is 12.4 Å². The van der Waals surface area contributed by atoms with Crippen molar-refractivity contribution in [2.75, 3.05) is 7.11 Å². The SMILES string of the molecule is COC(=O)CC(C)(C)c1ccc(C(F)(F)F)cc1. The van der Waals surface area contributed by atoms with Gasteiger partial charge in [-0.05, 0) is 17.7 Å². The van der Waals surface area contributed by atoms with Crippen LogP contribution >= 0.6 is 0 Å². The van der Waals surface area contributed by atoms with Crippen LogP contribution in [0.2, 0.25) is 0 Å². The van der Waals surface area contributed by atoms with Crippen LogP contribution in [0.25, 0.3) is 0 Å². The Balaban J connectivity index is 2.94. The van der Waals surface area contributed by atoms with Crippen molar-refractivity contribution in [2.45, 2.75) is 31.9 Å². The average Bonchev–Trinajstić information content (AvgIpc) is 2.27. The second-order valence-corrected chi connectivity index (χ2v) is 4.71. The molecular weight excluding hydrogens is 245 g/mol. The number of hydrogen-bond donors (Lipinski definition) is 0. The molecular formula is C13H15F3O2. The van der Waals surface area contributed by atoms with Gasteiger partial charge in [0.2, 0.25) is 0 Å². The molecule has 0 fully saturated rings. The molecule has 0 aromatic heterocycles. The van der Waals surface area contributed by atoms with Gasteiger partial charge in [-0.3, -0.25) is 4.79 Å². The molecule has 1 aromatic rings. The van der Waals surface area contributed by atoms with Crippen molar-refractivity contribution in [1.29, 1.82) is 0 Å². The number of hydrogen-bond acceptors (Lipinski definition) is 2. The minimum absolute atomic E-state index is 0.120. The lowest BCUT2D eigenvalue weighted by Crippen LogP contribution is -2.22. The lowest BCUT2D eigenvalue weighted by molar-refractivity contribution is -0.142. The number of halogens is 3. The Morgan fingerprint density at radius 1 is 1.11 bits per heavy atom. The second kappa shape index (κ2) is 5.00. The lowest BCUT2D eigenvalue weighted by atomic mass is 9.81. The van der Waals surface area contributed by atoms with E-state index < -0.39 is 17.2 Å². The van der Waals surface area contributed by atoms with E-state index in [1.165, 1.54) is 19.2 Å². The molecule has 0 aliphatic heterocycles. The van der Waals surface area contributed by atoms with Gasteiger partial charge in [-0.15, -0.1) is 0 Å². The Morgan fingerprint density at radius 2 is 1.56 bits per heavy atom. The monoisotopic (exact) mass is 260 g/mol. The molecule has 0 aliphatic carbocycles. The van der Waals surface area contributed by atoms with Crippen molar-refractivity contribution in [3.8, 4) is 0 Å². The summed E-state index contributed by atoms with van der Waals surface area (Å²) in [7, 11) is 1.28. The molecule has 0 bridgehead atoms. The minimum atomic E-state index is -4.34. The van der Waals surface area contributed by atoms with Crippen molar-refractivity contribution in [2.24, 2.45) is 0 Å². The normalized spacial score (nSPS) is 12.3. The van der Waals surface area contributed by atoms with Crippen LogP contribution in [-0.4, -0.2) is 13.1 Å². The predicted octanol–water partition coefficient (Wildman–Crippen LogP) is 3.55. The van der Waals surface area contributed by atoms with Crippen LogP contribution in [0.5, 0.6) is 0 Å². The molecule has 0 aliphatic rings. The van der Waals surface area contributed by atoms with E-state index in [1.54, 1.807) is 13.8 Å². The van der Waals surface area contributed by atoms with Crippen molar-refractivity contribution in [3.05, 3.63) is 35.4 Å². The molecule has 1 aromatic carbocycles. The number of esters is 1. The highest BCUT2D eigenvalue weighted by atomic mass is 19.4. The summed E-state index contributed by atoms with van der Waals surface area (Å²) in [5, 5.41) is 0. The molecule has 100 valence electrons. The van der Waals surface area contributed by atoms with Gasteiger partial charge in [0.05, 0.1) is 19.1 Å². The number of carbonyl (C=O) groups is 1. The summed E-state index contributed by atoms with van der Waals surface area (Å²) in [5.74, 6) is -0.389. The van der Waals surface area contributed by atoms with E-state index in [0.717, 1.165) is 12.1 Å². The fourth-order valence-electron chi connectivity index (χ4n) is 1.65. The summed E-state index contributed by atoms with van der Waals surface area (Å²) in [5.41, 5.74) is -0.585. The number of alkyl halides is 3. The Kier molecular flexibility index (Phi) is 4.04. The van der Waals surface area contributed by atoms with Crippen LogP contribution in [0.4, 0.5) is 13.2 Å². The summed E-state index contributed by atoms with van der Waals surface area (Å²) in [6.45, 7) is 3.57. The van der Waals surface area contributed by atoms with E-state index in [9.17, 15) is 18.0 Å². The van der Waals surface area contributed by atoms with Gasteiger partial charge in [0, 0.05) is 5.41 Å². The third-order valence-corrected chi connectivity index (χ3v) is 2.81. The van der Waals surface area contributed by atoms with Crippen LogP contribution < -0.4 is 0 Å². The van der Waals surface area contributed by atoms with E-state index in [1.807, 2.05) is 0 Å². The number of ether oxygens (including phenoxy) is 1. The molecule has 0 heterocycles. The Morgan fingerprint density at radius 3 is 1.94 bits per heavy atom. The highest BCUT2D eigenvalue weighted by molar-refractivity contribution is 5.71. The van der Waals surface area contributed by atoms with E-state index >= 15 is 0 Å². The summed E-state index contributed by atoms with van der Waals surface area (Å²) in [4.78, 5) is 11.2. The van der Waals surface area contributed by atoms with Gasteiger partial charge in [0.25, 0.3) is 0 Å². The number of methoxy groups -OCH3 is 1. The van der Waals surface area contributed by atoms with Crippen LogP contribution in [0.15, 0.2) is 24.3 Å². The third kappa shape index (κ3) is 3.48. The van der Waals surface area contributed by atoms with Gasteiger partial charge in [0.1, 0.15) is 0 Å². The molecule has 0 N–H and O–H groups in total. The molecule has 0 unspecified atom stereocenters. The maximum atomic E-state index is 12.4. The standard InChI is InChI=1S/C13H15F3O2/c1-12(2,8-11(17)18-3)9-4-6-10(7-5-9)13(14,15)16/h4-7H,8H2,1-3H3. The Hall–Kier alpha value is -1.52. The highest BCUT2D eigenvalue weighted by Gasteiger charge is 2.31. The molecule has 0 saturated carbocycles. The maximum Gasteiger partial charge on any atom is 0.416 e. The van der Waals surface area contributed by atoms with Crippen molar-refractivity contribution >= 4 is 5.97 Å². The second-order valence-electron chi connectivity index (χ2n) is 4.71. The molecule has 0 radical (unpaired) electrons. The first kappa shape index (κ1) is 14.5. The van der Waals surface area contributed by atoms with Gasteiger partial charge >= 0.3 is 12.1 Å². The number of benzene rings is 1. The molecule has 0 spiro atoms. The third-order valence-electron chi connectivity index (χ3n) is 2.81. The van der Waals surface area contributed by atoms with Gasteiger partial charge < -0.3 is 4.74 Å². The van der Waals surface area contributed by atoms with E-state index in [2.05, 4.69) is 4.74 Å². The topological polar surface area (TPSA) is 26.3 Å². The summed E-state index contributed by atoms with van der Waals surface area (Å²) in [6, 6.07) is 4.83. The molecule has 0 saturated heterocycles. The summed E-state index contributed by atoms with van der Waals surface area (Å²) < 4.78 is 41.8. The Bertz CT molecular complexity index is 419. The van der Waals surface area contributed by atoms with Crippen LogP contribution in [0.1, 0.15) is 31.4 Å². The largest absolute Gasteiger partial charge is 0.469 e. The molecule has 0 amide bonds. The minimum Gasteiger partial charge on any atom is -0.469 e. The quantitative estimate of drug-likeness (QED) is 0.777. The van der Waals surface area contributed by atoms with Gasteiger partial charge in [0.15, 0.2) is 0 Å². The smallest absolute Gasteiger partial charge is 0.416 e. The van der Waals surface area contributed by atoms with Crippen molar-refractivity contribution in [3.63, 3.8) is 0 Å². The Labute approximate surface area is 104 Å². The zero-order valence-electron chi connectivity index (χ0n) is 10.5. The zero-order chi connectivity index (χ0) is 14.0. The highest BCUT2D eigenvalue weighted by Crippen LogP contribution is 2.32. The molecule has 0 atom stereocenters. The summed E-state index contributed by atoms with van der Waals surface area (Å²) >= 11 is 0. The molecule has 2 nitrogen and oxygen atoms in total. The first-order valence-corrected chi connectivity index (χ1v) is 5.41. The van der Waals surface area contributed by atoms with E-state index in [4.69, 9.17) is 0 Å². The fraction of sp³-hybridized carbons (Fsp3) is 0.462. The maximum absolute atomic E-state index is 12.4. The van der Waals surface area contributed by atoms with Gasteiger partial charge in [-0.1, -0.05) is 26.0 Å². The first-order chi connectivity index (χ1) is 8.16. The summed E-state index contributed by atoms with van der Waals surface area (Å²) in [6.07, 6.45) is -4.22. The predicted molar refractivity (Wildman–Crippen MR) is 61.1 cm³/mol. The van der Waals surface area contributed by atoms with Crippen LogP contribution in [-0.2, 0) is 21.1 Å². The average molecular weight is 260 g/mol. The molecule has 5 heteroatoms. The van der Waals surface area contributed by atoms with E-state index in [0.29, 0.717) is 5.56 Å². The molecule has 1 rings (SSSR count). The fourth-order valence-corrected chi connectivity index (χ4v) is 1.65.